The zero-order valence-electron chi connectivity index (χ0n) is 11.1. The standard InChI is InChI=1S/C15H16N2S2/c1-10-9-15(2,16-14(18)17(10)3)12-4-5-13-11(8-12)6-7-19-13/h4-8H,1,9H2,2-3H3,(H,16,18)/t15-/m0/s1. The van der Waals surface area contributed by atoms with E-state index < -0.39 is 0 Å². The minimum Gasteiger partial charge on any atom is -0.353 e. The Balaban J connectivity index is 2.04. The first-order valence-corrected chi connectivity index (χ1v) is 7.50. The van der Waals surface area contributed by atoms with Gasteiger partial charge in [-0.15, -0.1) is 11.3 Å². The summed E-state index contributed by atoms with van der Waals surface area (Å²) >= 11 is 7.16. The van der Waals surface area contributed by atoms with E-state index in [4.69, 9.17) is 12.2 Å². The van der Waals surface area contributed by atoms with Crippen LogP contribution in [0, 0.1) is 0 Å². The lowest BCUT2D eigenvalue weighted by atomic mass is 9.85. The summed E-state index contributed by atoms with van der Waals surface area (Å²) < 4.78 is 1.32. The van der Waals surface area contributed by atoms with E-state index in [1.165, 1.54) is 15.6 Å². The van der Waals surface area contributed by atoms with Gasteiger partial charge in [-0.25, -0.2) is 0 Å². The summed E-state index contributed by atoms with van der Waals surface area (Å²) in [5, 5.41) is 7.61. The van der Waals surface area contributed by atoms with Crippen LogP contribution in [0.5, 0.6) is 0 Å². The van der Waals surface area contributed by atoms with Gasteiger partial charge < -0.3 is 10.2 Å². The zero-order valence-corrected chi connectivity index (χ0v) is 12.7. The molecule has 4 heteroatoms. The quantitative estimate of drug-likeness (QED) is 0.803. The molecule has 1 N–H and O–H groups in total. The van der Waals surface area contributed by atoms with Gasteiger partial charge in [-0.1, -0.05) is 12.6 Å². The highest BCUT2D eigenvalue weighted by Gasteiger charge is 2.34. The number of fused-ring (bicyclic) bond motifs is 1. The van der Waals surface area contributed by atoms with Crippen molar-refractivity contribution in [1.29, 1.82) is 0 Å². The molecule has 1 aromatic heterocycles. The summed E-state index contributed by atoms with van der Waals surface area (Å²) in [7, 11) is 1.96. The molecule has 19 heavy (non-hydrogen) atoms. The molecule has 98 valence electrons. The van der Waals surface area contributed by atoms with Gasteiger partial charge in [0.15, 0.2) is 5.11 Å². The lowest BCUT2D eigenvalue weighted by molar-refractivity contribution is 0.346. The first-order chi connectivity index (χ1) is 8.99. The van der Waals surface area contributed by atoms with Gasteiger partial charge in [0, 0.05) is 23.9 Å². The normalized spacial score (nSPS) is 23.8. The highest BCUT2D eigenvalue weighted by molar-refractivity contribution is 7.80. The molecule has 0 bridgehead atoms. The van der Waals surface area contributed by atoms with Crippen LogP contribution in [0.1, 0.15) is 18.9 Å². The van der Waals surface area contributed by atoms with Gasteiger partial charge in [-0.05, 0) is 53.7 Å². The van der Waals surface area contributed by atoms with Crippen molar-refractivity contribution in [3.05, 3.63) is 47.5 Å². The zero-order chi connectivity index (χ0) is 13.6. The number of hydrogen-bond acceptors (Lipinski definition) is 2. The Morgan fingerprint density at radius 3 is 2.95 bits per heavy atom. The van der Waals surface area contributed by atoms with Gasteiger partial charge >= 0.3 is 0 Å². The third kappa shape index (κ3) is 2.05. The fraction of sp³-hybridized carbons (Fsp3) is 0.267. The fourth-order valence-corrected chi connectivity index (χ4v) is 3.64. The van der Waals surface area contributed by atoms with Crippen LogP contribution < -0.4 is 5.32 Å². The summed E-state index contributed by atoms with van der Waals surface area (Å²) in [6, 6.07) is 8.79. The molecule has 0 amide bonds. The second kappa shape index (κ2) is 4.32. The molecule has 3 rings (SSSR count). The van der Waals surface area contributed by atoms with E-state index in [-0.39, 0.29) is 5.54 Å². The molecule has 1 aliphatic heterocycles. The Bertz CT molecular complexity index is 654. The maximum absolute atomic E-state index is 5.39. The Labute approximate surface area is 122 Å². The van der Waals surface area contributed by atoms with Gasteiger partial charge in [0.1, 0.15) is 0 Å². The molecule has 0 aliphatic carbocycles. The second-order valence-corrected chi connectivity index (χ2v) is 6.57. The molecule has 1 fully saturated rings. The summed E-state index contributed by atoms with van der Waals surface area (Å²) in [6.07, 6.45) is 0.860. The Morgan fingerprint density at radius 2 is 2.21 bits per heavy atom. The van der Waals surface area contributed by atoms with E-state index >= 15 is 0 Å². The first-order valence-electron chi connectivity index (χ1n) is 6.21. The summed E-state index contributed by atoms with van der Waals surface area (Å²) in [5.41, 5.74) is 2.14. The Morgan fingerprint density at radius 1 is 1.42 bits per heavy atom. The molecule has 0 unspecified atom stereocenters. The van der Waals surface area contributed by atoms with Crippen molar-refractivity contribution in [3.8, 4) is 0 Å². The van der Waals surface area contributed by atoms with Gasteiger partial charge in [-0.2, -0.15) is 0 Å². The SMILES string of the molecule is C=C1C[C@@](C)(c2ccc3sccc3c2)NC(=S)N1C. The summed E-state index contributed by atoms with van der Waals surface area (Å²) in [6.45, 7) is 6.30. The number of nitrogens with one attached hydrogen (secondary N) is 1. The average molecular weight is 288 g/mol. The largest absolute Gasteiger partial charge is 0.353 e. The van der Waals surface area contributed by atoms with Gasteiger partial charge in [0.2, 0.25) is 0 Å². The van der Waals surface area contributed by atoms with Crippen molar-refractivity contribution in [2.24, 2.45) is 0 Å². The third-order valence-corrected chi connectivity index (χ3v) is 5.08. The smallest absolute Gasteiger partial charge is 0.173 e. The van der Waals surface area contributed by atoms with Crippen LogP contribution in [0.2, 0.25) is 0 Å². The van der Waals surface area contributed by atoms with Crippen LogP contribution in [0.25, 0.3) is 10.1 Å². The van der Waals surface area contributed by atoms with Crippen molar-refractivity contribution in [2.75, 3.05) is 7.05 Å². The molecule has 2 heterocycles. The van der Waals surface area contributed by atoms with E-state index in [2.05, 4.69) is 48.5 Å². The van der Waals surface area contributed by atoms with Gasteiger partial charge in [-0.3, -0.25) is 0 Å². The maximum atomic E-state index is 5.39. The molecule has 0 spiro atoms. The number of benzene rings is 1. The molecular formula is C15H16N2S2. The van der Waals surface area contributed by atoms with Crippen molar-refractivity contribution in [3.63, 3.8) is 0 Å². The molecule has 0 saturated carbocycles. The van der Waals surface area contributed by atoms with Crippen LogP contribution in [-0.2, 0) is 5.54 Å². The van der Waals surface area contributed by atoms with Crippen molar-refractivity contribution in [2.45, 2.75) is 18.9 Å². The molecule has 1 atom stereocenters. The predicted molar refractivity (Wildman–Crippen MR) is 86.4 cm³/mol. The van der Waals surface area contributed by atoms with Crippen LogP contribution >= 0.6 is 23.6 Å². The number of nitrogens with zero attached hydrogens (tertiary/aromatic N) is 1. The van der Waals surface area contributed by atoms with Crippen LogP contribution in [0.4, 0.5) is 0 Å². The first kappa shape index (κ1) is 12.6. The highest BCUT2D eigenvalue weighted by Crippen LogP contribution is 2.34. The Kier molecular flexibility index (Phi) is 2.87. The molecule has 0 radical (unpaired) electrons. The van der Waals surface area contributed by atoms with Crippen molar-refractivity contribution >= 4 is 38.8 Å². The van der Waals surface area contributed by atoms with E-state index in [1.807, 2.05) is 11.9 Å². The minimum absolute atomic E-state index is 0.170. The average Bonchev–Trinajstić information content (AvgIpc) is 2.83. The number of rotatable bonds is 1. The van der Waals surface area contributed by atoms with Crippen molar-refractivity contribution < 1.29 is 0 Å². The number of thiophene rings is 1. The van der Waals surface area contributed by atoms with Crippen molar-refractivity contribution in [1.82, 2.24) is 10.2 Å². The summed E-state index contributed by atoms with van der Waals surface area (Å²) in [4.78, 5) is 1.94. The molecule has 1 aliphatic rings. The lowest BCUT2D eigenvalue weighted by Gasteiger charge is -2.42. The van der Waals surface area contributed by atoms with Gasteiger partial charge in [0.25, 0.3) is 0 Å². The number of hydrogen-bond donors (Lipinski definition) is 1. The van der Waals surface area contributed by atoms with E-state index in [0.29, 0.717) is 0 Å². The lowest BCUT2D eigenvalue weighted by Crippen LogP contribution is -2.53. The van der Waals surface area contributed by atoms with Gasteiger partial charge in [0.05, 0.1) is 5.54 Å². The molecule has 2 nitrogen and oxygen atoms in total. The molecule has 2 aromatic rings. The molecular weight excluding hydrogens is 272 g/mol. The van der Waals surface area contributed by atoms with E-state index in [9.17, 15) is 0 Å². The third-order valence-electron chi connectivity index (χ3n) is 3.81. The predicted octanol–water partition coefficient (Wildman–Crippen LogP) is 3.84. The van der Waals surface area contributed by atoms with Crippen LogP contribution in [0.3, 0.4) is 0 Å². The number of thiocarbonyl (C=S) groups is 1. The molecule has 1 saturated heterocycles. The second-order valence-electron chi connectivity index (χ2n) is 5.24. The monoisotopic (exact) mass is 288 g/mol. The van der Waals surface area contributed by atoms with Crippen LogP contribution in [-0.4, -0.2) is 17.1 Å². The van der Waals surface area contributed by atoms with Crippen LogP contribution in [0.15, 0.2) is 41.9 Å². The minimum atomic E-state index is -0.170. The summed E-state index contributed by atoms with van der Waals surface area (Å²) in [5.74, 6) is 0. The fourth-order valence-electron chi connectivity index (χ4n) is 2.52. The maximum Gasteiger partial charge on any atom is 0.173 e. The highest BCUT2D eigenvalue weighted by atomic mass is 32.1. The topological polar surface area (TPSA) is 15.3 Å². The molecule has 1 aromatic carbocycles. The Hall–Kier alpha value is -1.39. The van der Waals surface area contributed by atoms with E-state index in [0.717, 1.165) is 17.2 Å². The van der Waals surface area contributed by atoms with E-state index in [1.54, 1.807) is 11.3 Å².